The van der Waals surface area contributed by atoms with E-state index in [9.17, 15) is 0 Å². The highest BCUT2D eigenvalue weighted by Gasteiger charge is 2.32. The Labute approximate surface area is 366 Å². The summed E-state index contributed by atoms with van der Waals surface area (Å²) in [5, 5.41) is 5.21. The predicted molar refractivity (Wildman–Crippen MR) is 258 cm³/mol. The van der Waals surface area contributed by atoms with Crippen LogP contribution in [0.3, 0.4) is 0 Å². The Bertz CT molecular complexity index is 3140. The molecule has 3 heterocycles. The van der Waals surface area contributed by atoms with Gasteiger partial charge in [-0.25, -0.2) is 9.67 Å². The zero-order chi connectivity index (χ0) is 41.7. The van der Waals surface area contributed by atoms with Gasteiger partial charge in [0.1, 0.15) is 0 Å². The molecule has 0 radical (unpaired) electrons. The molecule has 10 aromatic rings. The van der Waals surface area contributed by atoms with Crippen molar-refractivity contribution in [3.63, 3.8) is 0 Å². The molecule has 63 heavy (non-hydrogen) atoms. The molecule has 0 aliphatic carbocycles. The maximum atomic E-state index is 5.21. The number of aromatic nitrogens is 3. The number of nitrogens with zero attached hydrogens (tertiary/aromatic N) is 7. The van der Waals surface area contributed by atoms with Gasteiger partial charge in [-0.1, -0.05) is 115 Å². The highest BCUT2D eigenvalue weighted by atomic mass is 15.4. The molecule has 2 aliphatic heterocycles. The van der Waals surface area contributed by atoms with Crippen molar-refractivity contribution in [2.75, 3.05) is 19.6 Å². The van der Waals surface area contributed by atoms with Gasteiger partial charge in [0.05, 0.1) is 51.2 Å². The van der Waals surface area contributed by atoms with Gasteiger partial charge in [-0.3, -0.25) is 0 Å². The summed E-state index contributed by atoms with van der Waals surface area (Å²) in [5.41, 5.74) is 16.1. The van der Waals surface area contributed by atoms with Crippen LogP contribution in [-0.2, 0) is 0 Å². The second-order valence-corrected chi connectivity index (χ2v) is 15.6. The SMILES string of the molecule is c1ccc(-c2nc(-c3ccc(N4c5ccccc5N(c5ccccc5)c5ccccc54)cc3)nn2-c2ccc(N3c4ccccc4N(c4ccccc4)c4ccccc43)cc2)cc1. The van der Waals surface area contributed by atoms with Crippen LogP contribution in [-0.4, -0.2) is 14.8 Å². The van der Waals surface area contributed by atoms with E-state index in [0.29, 0.717) is 5.82 Å². The number of para-hydroxylation sites is 10. The van der Waals surface area contributed by atoms with Crippen molar-refractivity contribution in [1.82, 2.24) is 14.8 Å². The Hall–Kier alpha value is -8.68. The van der Waals surface area contributed by atoms with E-state index in [1.54, 1.807) is 0 Å². The number of benzene rings is 9. The first-order valence-electron chi connectivity index (χ1n) is 21.2. The molecular formula is C56H39N7. The van der Waals surface area contributed by atoms with Crippen molar-refractivity contribution in [3.8, 4) is 28.5 Å². The van der Waals surface area contributed by atoms with Gasteiger partial charge in [0.2, 0.25) is 0 Å². The van der Waals surface area contributed by atoms with Crippen LogP contribution >= 0.6 is 0 Å². The van der Waals surface area contributed by atoms with Crippen molar-refractivity contribution in [3.05, 3.63) is 237 Å². The first-order valence-corrected chi connectivity index (χ1v) is 21.2. The summed E-state index contributed by atoms with van der Waals surface area (Å²) in [6.07, 6.45) is 0. The number of hydrogen-bond acceptors (Lipinski definition) is 6. The summed E-state index contributed by atoms with van der Waals surface area (Å²) < 4.78 is 1.97. The van der Waals surface area contributed by atoms with Crippen LogP contribution in [0.2, 0.25) is 0 Å². The molecule has 0 fully saturated rings. The van der Waals surface area contributed by atoms with E-state index in [1.807, 2.05) is 22.9 Å². The second-order valence-electron chi connectivity index (χ2n) is 15.6. The van der Waals surface area contributed by atoms with Crippen molar-refractivity contribution >= 4 is 68.2 Å². The zero-order valence-electron chi connectivity index (χ0n) is 34.1. The third kappa shape index (κ3) is 6.13. The van der Waals surface area contributed by atoms with Gasteiger partial charge >= 0.3 is 0 Å². The molecule has 0 saturated carbocycles. The van der Waals surface area contributed by atoms with Gasteiger partial charge in [-0.05, 0) is 121 Å². The van der Waals surface area contributed by atoms with Gasteiger partial charge in [0.25, 0.3) is 0 Å². The minimum atomic E-state index is 0.652. The monoisotopic (exact) mass is 809 g/mol. The summed E-state index contributed by atoms with van der Waals surface area (Å²) in [6, 6.07) is 83.1. The minimum absolute atomic E-state index is 0.652. The van der Waals surface area contributed by atoms with Crippen molar-refractivity contribution in [1.29, 1.82) is 0 Å². The Morgan fingerprint density at radius 1 is 0.238 bits per heavy atom. The fourth-order valence-corrected chi connectivity index (χ4v) is 9.05. The molecule has 9 aromatic carbocycles. The zero-order valence-corrected chi connectivity index (χ0v) is 34.1. The molecule has 0 N–H and O–H groups in total. The van der Waals surface area contributed by atoms with Crippen LogP contribution in [0.5, 0.6) is 0 Å². The predicted octanol–water partition coefficient (Wildman–Crippen LogP) is 15.1. The molecule has 2 aliphatic rings. The fraction of sp³-hybridized carbons (Fsp3) is 0. The molecule has 298 valence electrons. The average molecular weight is 810 g/mol. The number of rotatable bonds is 7. The fourth-order valence-electron chi connectivity index (χ4n) is 9.05. The van der Waals surface area contributed by atoms with Crippen LogP contribution < -0.4 is 19.6 Å². The third-order valence-corrected chi connectivity index (χ3v) is 11.9. The Balaban J connectivity index is 0.909. The maximum Gasteiger partial charge on any atom is 0.182 e. The van der Waals surface area contributed by atoms with E-state index in [2.05, 4.69) is 238 Å². The largest absolute Gasteiger partial charge is 0.306 e. The van der Waals surface area contributed by atoms with E-state index in [1.165, 1.54) is 0 Å². The average Bonchev–Trinajstić information content (AvgIpc) is 3.81. The molecule has 7 nitrogen and oxygen atoms in total. The van der Waals surface area contributed by atoms with Crippen LogP contribution in [0.4, 0.5) is 68.2 Å². The van der Waals surface area contributed by atoms with Gasteiger partial charge in [0.15, 0.2) is 11.6 Å². The molecule has 0 unspecified atom stereocenters. The molecule has 0 atom stereocenters. The normalized spacial score (nSPS) is 12.6. The second kappa shape index (κ2) is 15.1. The van der Waals surface area contributed by atoms with Crippen LogP contribution in [0.15, 0.2) is 237 Å². The highest BCUT2D eigenvalue weighted by Crippen LogP contribution is 2.55. The molecule has 1 aromatic heterocycles. The summed E-state index contributed by atoms with van der Waals surface area (Å²) in [6.45, 7) is 0. The lowest BCUT2D eigenvalue weighted by molar-refractivity contribution is 0.890. The molecule has 12 rings (SSSR count). The van der Waals surface area contributed by atoms with E-state index >= 15 is 0 Å². The van der Waals surface area contributed by atoms with Crippen molar-refractivity contribution < 1.29 is 0 Å². The number of anilines is 12. The van der Waals surface area contributed by atoms with Gasteiger partial charge in [-0.15, -0.1) is 5.10 Å². The molecule has 7 heteroatoms. The Morgan fingerprint density at radius 3 is 0.889 bits per heavy atom. The van der Waals surface area contributed by atoms with Gasteiger partial charge in [-0.2, -0.15) is 0 Å². The van der Waals surface area contributed by atoms with Crippen LogP contribution in [0, 0.1) is 0 Å². The number of fused-ring (bicyclic) bond motifs is 4. The maximum absolute atomic E-state index is 5.21. The quantitative estimate of drug-likeness (QED) is 0.160. The van der Waals surface area contributed by atoms with Gasteiger partial charge in [0, 0.05) is 33.9 Å². The lowest BCUT2D eigenvalue weighted by Crippen LogP contribution is -2.23. The molecular weight excluding hydrogens is 771 g/mol. The lowest BCUT2D eigenvalue weighted by Gasteiger charge is -2.40. The van der Waals surface area contributed by atoms with E-state index in [-0.39, 0.29) is 0 Å². The lowest BCUT2D eigenvalue weighted by atomic mass is 10.0. The molecule has 0 bridgehead atoms. The summed E-state index contributed by atoms with van der Waals surface area (Å²) >= 11 is 0. The summed E-state index contributed by atoms with van der Waals surface area (Å²) in [5.74, 6) is 1.42. The van der Waals surface area contributed by atoms with E-state index in [0.717, 1.165) is 90.9 Å². The van der Waals surface area contributed by atoms with Crippen molar-refractivity contribution in [2.24, 2.45) is 0 Å². The molecule has 0 amide bonds. The van der Waals surface area contributed by atoms with E-state index in [4.69, 9.17) is 10.1 Å². The third-order valence-electron chi connectivity index (χ3n) is 11.9. The summed E-state index contributed by atoms with van der Waals surface area (Å²) in [7, 11) is 0. The minimum Gasteiger partial charge on any atom is -0.306 e. The first-order chi connectivity index (χ1) is 31.3. The van der Waals surface area contributed by atoms with Crippen molar-refractivity contribution in [2.45, 2.75) is 0 Å². The standard InChI is InChI=1S/C56H39N7/c1-4-18-41(19-5-1)56-57-55(40-32-34-44(35-33-40)61-51-28-14-10-24-47(51)59(42-20-6-2-7-21-42)48-25-11-15-29-52(48)61)58-63(56)46-38-36-45(37-39-46)62-53-30-16-12-26-49(53)60(43-22-8-3-9-23-43)50-27-13-17-31-54(50)62/h1-39H. The van der Waals surface area contributed by atoms with Gasteiger partial charge < -0.3 is 19.6 Å². The smallest absolute Gasteiger partial charge is 0.182 e. The molecule has 0 saturated heterocycles. The topological polar surface area (TPSA) is 43.7 Å². The highest BCUT2D eigenvalue weighted by molar-refractivity contribution is 6.03. The number of hydrogen-bond donors (Lipinski definition) is 0. The first kappa shape index (κ1) is 36.2. The molecule has 0 spiro atoms. The Kier molecular flexibility index (Phi) is 8.67. The summed E-state index contributed by atoms with van der Waals surface area (Å²) in [4.78, 5) is 14.6. The van der Waals surface area contributed by atoms with E-state index < -0.39 is 0 Å². The van der Waals surface area contributed by atoms with Crippen LogP contribution in [0.25, 0.3) is 28.5 Å². The Morgan fingerprint density at radius 2 is 0.524 bits per heavy atom. The van der Waals surface area contributed by atoms with Crippen LogP contribution in [0.1, 0.15) is 0 Å².